The number of amides is 1. The molecule has 0 atom stereocenters. The molecular weight excluding hydrogens is 214 g/mol. The van der Waals surface area contributed by atoms with Crippen LogP contribution in [-0.2, 0) is 4.79 Å². The summed E-state index contributed by atoms with van der Waals surface area (Å²) in [5.74, 6) is 0.587. The Hall–Kier alpha value is -0.610. The van der Waals surface area contributed by atoms with Gasteiger partial charge in [0, 0.05) is 25.0 Å². The molecule has 1 fully saturated rings. The standard InChI is InChI=1S/C13H27N3O/c1-3-16(9-6-12(15)17)13(10-14)7-4-11(2)5-8-13/h11H,3-10,14H2,1-2H3,(H2,15,17). The van der Waals surface area contributed by atoms with Gasteiger partial charge in [-0.2, -0.15) is 0 Å². The van der Waals surface area contributed by atoms with Crippen LogP contribution in [0.1, 0.15) is 46.0 Å². The van der Waals surface area contributed by atoms with E-state index in [-0.39, 0.29) is 11.4 Å². The van der Waals surface area contributed by atoms with E-state index in [1.165, 1.54) is 12.8 Å². The van der Waals surface area contributed by atoms with Crippen molar-refractivity contribution < 1.29 is 4.79 Å². The van der Waals surface area contributed by atoms with Gasteiger partial charge in [-0.3, -0.25) is 9.69 Å². The predicted octanol–water partition coefficient (Wildman–Crippen LogP) is 1.09. The number of nitrogens with two attached hydrogens (primary N) is 2. The van der Waals surface area contributed by atoms with Crippen molar-refractivity contribution in [1.82, 2.24) is 4.90 Å². The van der Waals surface area contributed by atoms with Crippen molar-refractivity contribution in [3.05, 3.63) is 0 Å². The van der Waals surface area contributed by atoms with Gasteiger partial charge in [0.2, 0.25) is 5.91 Å². The molecule has 0 aromatic rings. The maximum absolute atomic E-state index is 10.9. The Morgan fingerprint density at radius 2 is 2.00 bits per heavy atom. The zero-order valence-electron chi connectivity index (χ0n) is 11.2. The van der Waals surface area contributed by atoms with Crippen LogP contribution in [0.25, 0.3) is 0 Å². The number of hydrogen-bond acceptors (Lipinski definition) is 3. The lowest BCUT2D eigenvalue weighted by Gasteiger charge is -2.47. The van der Waals surface area contributed by atoms with E-state index in [0.717, 1.165) is 31.8 Å². The molecule has 4 heteroatoms. The lowest BCUT2D eigenvalue weighted by Crippen LogP contribution is -2.56. The third-order valence-electron chi connectivity index (χ3n) is 4.27. The zero-order chi connectivity index (χ0) is 12.9. The van der Waals surface area contributed by atoms with Crippen LogP contribution >= 0.6 is 0 Å². The number of carbonyl (C=O) groups excluding carboxylic acids is 1. The fourth-order valence-electron chi connectivity index (χ4n) is 2.92. The normalized spacial score (nSPS) is 29.5. The first kappa shape index (κ1) is 14.5. The molecule has 1 aliphatic rings. The minimum Gasteiger partial charge on any atom is -0.370 e. The second-order valence-electron chi connectivity index (χ2n) is 5.41. The molecule has 1 rings (SSSR count). The van der Waals surface area contributed by atoms with Crippen LogP contribution in [0.3, 0.4) is 0 Å². The first-order chi connectivity index (χ1) is 8.04. The van der Waals surface area contributed by atoms with E-state index < -0.39 is 0 Å². The Morgan fingerprint density at radius 3 is 2.41 bits per heavy atom. The summed E-state index contributed by atoms with van der Waals surface area (Å²) in [5.41, 5.74) is 11.4. The van der Waals surface area contributed by atoms with Crippen LogP contribution < -0.4 is 11.5 Å². The highest BCUT2D eigenvalue weighted by Crippen LogP contribution is 2.35. The Bertz CT molecular complexity index is 247. The van der Waals surface area contributed by atoms with Crippen molar-refractivity contribution in [2.45, 2.75) is 51.5 Å². The fraction of sp³-hybridized carbons (Fsp3) is 0.923. The number of carbonyl (C=O) groups is 1. The smallest absolute Gasteiger partial charge is 0.218 e. The van der Waals surface area contributed by atoms with E-state index in [0.29, 0.717) is 13.0 Å². The van der Waals surface area contributed by atoms with E-state index in [9.17, 15) is 4.79 Å². The van der Waals surface area contributed by atoms with Gasteiger partial charge in [-0.1, -0.05) is 13.8 Å². The van der Waals surface area contributed by atoms with E-state index in [1.54, 1.807) is 0 Å². The number of likely N-dealkylation sites (N-methyl/N-ethyl adjacent to an activating group) is 1. The molecule has 0 radical (unpaired) electrons. The summed E-state index contributed by atoms with van der Waals surface area (Å²) in [6, 6.07) is 0. The zero-order valence-corrected chi connectivity index (χ0v) is 11.2. The molecule has 1 saturated carbocycles. The second kappa shape index (κ2) is 6.36. The van der Waals surface area contributed by atoms with Gasteiger partial charge >= 0.3 is 0 Å². The Labute approximate surface area is 105 Å². The van der Waals surface area contributed by atoms with Crippen LogP contribution in [0.4, 0.5) is 0 Å². The molecule has 0 heterocycles. The van der Waals surface area contributed by atoms with Crippen molar-refractivity contribution in [3.8, 4) is 0 Å². The van der Waals surface area contributed by atoms with Gasteiger partial charge in [0.1, 0.15) is 0 Å². The highest BCUT2D eigenvalue weighted by atomic mass is 16.1. The molecule has 0 aromatic heterocycles. The Kier molecular flexibility index (Phi) is 5.40. The van der Waals surface area contributed by atoms with Gasteiger partial charge in [0.15, 0.2) is 0 Å². The summed E-state index contributed by atoms with van der Waals surface area (Å²) in [6.07, 6.45) is 5.22. The minimum atomic E-state index is -0.222. The van der Waals surface area contributed by atoms with Crippen LogP contribution in [-0.4, -0.2) is 36.0 Å². The highest BCUT2D eigenvalue weighted by Gasteiger charge is 2.37. The first-order valence-electron chi connectivity index (χ1n) is 6.77. The summed E-state index contributed by atoms with van der Waals surface area (Å²) in [4.78, 5) is 13.3. The lowest BCUT2D eigenvalue weighted by atomic mass is 9.76. The molecule has 0 aromatic carbocycles. The third-order valence-corrected chi connectivity index (χ3v) is 4.27. The molecule has 4 N–H and O–H groups in total. The van der Waals surface area contributed by atoms with Crippen molar-refractivity contribution >= 4 is 5.91 Å². The minimum absolute atomic E-state index is 0.108. The summed E-state index contributed by atoms with van der Waals surface area (Å²) in [6.45, 7) is 6.82. The van der Waals surface area contributed by atoms with Crippen molar-refractivity contribution in [3.63, 3.8) is 0 Å². The van der Waals surface area contributed by atoms with Crippen molar-refractivity contribution in [2.24, 2.45) is 17.4 Å². The van der Waals surface area contributed by atoms with Crippen LogP contribution in [0.5, 0.6) is 0 Å². The molecule has 17 heavy (non-hydrogen) atoms. The van der Waals surface area contributed by atoms with Gasteiger partial charge in [-0.15, -0.1) is 0 Å². The number of hydrogen-bond donors (Lipinski definition) is 2. The number of rotatable bonds is 6. The maximum Gasteiger partial charge on any atom is 0.218 e. The molecule has 1 amide bonds. The number of nitrogens with zero attached hydrogens (tertiary/aromatic N) is 1. The van der Waals surface area contributed by atoms with Gasteiger partial charge in [-0.05, 0) is 38.1 Å². The average Bonchev–Trinajstić information content (AvgIpc) is 2.32. The number of primary amides is 1. The maximum atomic E-state index is 10.9. The second-order valence-corrected chi connectivity index (χ2v) is 5.41. The summed E-state index contributed by atoms with van der Waals surface area (Å²) in [5, 5.41) is 0. The lowest BCUT2D eigenvalue weighted by molar-refractivity contribution is -0.118. The summed E-state index contributed by atoms with van der Waals surface area (Å²) < 4.78 is 0. The monoisotopic (exact) mass is 241 g/mol. The van der Waals surface area contributed by atoms with Crippen molar-refractivity contribution in [1.29, 1.82) is 0 Å². The topological polar surface area (TPSA) is 72.3 Å². The van der Waals surface area contributed by atoms with Gasteiger partial charge in [0.25, 0.3) is 0 Å². The molecule has 1 aliphatic carbocycles. The molecule has 0 saturated heterocycles. The van der Waals surface area contributed by atoms with E-state index in [4.69, 9.17) is 11.5 Å². The quantitative estimate of drug-likeness (QED) is 0.731. The third kappa shape index (κ3) is 3.68. The molecule has 100 valence electrons. The predicted molar refractivity (Wildman–Crippen MR) is 70.5 cm³/mol. The van der Waals surface area contributed by atoms with Crippen LogP contribution in [0.2, 0.25) is 0 Å². The molecule has 4 nitrogen and oxygen atoms in total. The SMILES string of the molecule is CCN(CCC(N)=O)C1(CN)CCC(C)CC1. The van der Waals surface area contributed by atoms with E-state index >= 15 is 0 Å². The molecule has 0 aliphatic heterocycles. The molecule has 0 bridgehead atoms. The largest absolute Gasteiger partial charge is 0.370 e. The summed E-state index contributed by atoms with van der Waals surface area (Å²) >= 11 is 0. The van der Waals surface area contributed by atoms with Crippen LogP contribution in [0, 0.1) is 5.92 Å². The van der Waals surface area contributed by atoms with Crippen molar-refractivity contribution in [2.75, 3.05) is 19.6 Å². The Balaban J connectivity index is 2.64. The molecule has 0 unspecified atom stereocenters. The van der Waals surface area contributed by atoms with Crippen LogP contribution in [0.15, 0.2) is 0 Å². The Morgan fingerprint density at radius 1 is 1.41 bits per heavy atom. The fourth-order valence-corrected chi connectivity index (χ4v) is 2.92. The van der Waals surface area contributed by atoms with E-state index in [2.05, 4.69) is 18.7 Å². The molecule has 0 spiro atoms. The van der Waals surface area contributed by atoms with Gasteiger partial charge in [0.05, 0.1) is 0 Å². The molecular formula is C13H27N3O. The first-order valence-corrected chi connectivity index (χ1v) is 6.77. The average molecular weight is 241 g/mol. The summed E-state index contributed by atoms with van der Waals surface area (Å²) in [7, 11) is 0. The van der Waals surface area contributed by atoms with Gasteiger partial charge in [-0.25, -0.2) is 0 Å². The van der Waals surface area contributed by atoms with Gasteiger partial charge < -0.3 is 11.5 Å². The van der Waals surface area contributed by atoms with E-state index in [1.807, 2.05) is 0 Å². The highest BCUT2D eigenvalue weighted by molar-refractivity contribution is 5.73.